The molecular weight excluding hydrogens is 240 g/mol. The summed E-state index contributed by atoms with van der Waals surface area (Å²) in [6.07, 6.45) is 7.92. The van der Waals surface area contributed by atoms with E-state index in [1.54, 1.807) is 0 Å². The van der Waals surface area contributed by atoms with Gasteiger partial charge in [0.15, 0.2) is 0 Å². The Morgan fingerprint density at radius 2 is 2.28 bits per heavy atom. The zero-order valence-corrected chi connectivity index (χ0v) is 12.9. The molecule has 0 aliphatic heterocycles. The van der Waals surface area contributed by atoms with Crippen molar-refractivity contribution < 1.29 is 0 Å². The molecule has 1 heterocycles. The fourth-order valence-electron chi connectivity index (χ4n) is 2.94. The van der Waals surface area contributed by atoms with Gasteiger partial charge in [0.2, 0.25) is 0 Å². The van der Waals surface area contributed by atoms with E-state index < -0.39 is 0 Å². The molecule has 2 atom stereocenters. The van der Waals surface area contributed by atoms with Crippen molar-refractivity contribution in [2.24, 2.45) is 11.1 Å². The summed E-state index contributed by atoms with van der Waals surface area (Å²) in [6.45, 7) is 8.09. The Balaban J connectivity index is 2.15. The van der Waals surface area contributed by atoms with Crippen molar-refractivity contribution in [2.75, 3.05) is 6.26 Å². The number of nitrogens with two attached hydrogens (primary N) is 1. The molecule has 1 aliphatic carbocycles. The van der Waals surface area contributed by atoms with Crippen LogP contribution in [0.15, 0.2) is 12.3 Å². The predicted octanol–water partition coefficient (Wildman–Crippen LogP) is 3.60. The van der Waals surface area contributed by atoms with E-state index in [0.717, 1.165) is 24.6 Å². The van der Waals surface area contributed by atoms with Crippen LogP contribution in [-0.2, 0) is 13.0 Å². The van der Waals surface area contributed by atoms with E-state index in [2.05, 4.69) is 43.9 Å². The summed E-state index contributed by atoms with van der Waals surface area (Å²) < 4.78 is 2.43. The number of fused-ring (bicyclic) bond motifs is 1. The van der Waals surface area contributed by atoms with Crippen LogP contribution >= 0.6 is 11.8 Å². The molecule has 2 nitrogen and oxygen atoms in total. The van der Waals surface area contributed by atoms with Gasteiger partial charge in [0.25, 0.3) is 0 Å². The molecule has 2 N–H and O–H groups in total. The van der Waals surface area contributed by atoms with Crippen LogP contribution < -0.4 is 5.73 Å². The van der Waals surface area contributed by atoms with Crippen LogP contribution in [0.5, 0.6) is 0 Å². The Labute approximate surface area is 115 Å². The normalized spacial score (nSPS) is 23.7. The van der Waals surface area contributed by atoms with Crippen molar-refractivity contribution in [1.29, 1.82) is 0 Å². The quantitative estimate of drug-likeness (QED) is 0.902. The average Bonchev–Trinajstić information content (AvgIpc) is 2.67. The summed E-state index contributed by atoms with van der Waals surface area (Å²) in [5.74, 6) is 0. The lowest BCUT2D eigenvalue weighted by atomic mass is 9.74. The van der Waals surface area contributed by atoms with Crippen LogP contribution in [0.1, 0.15) is 50.9 Å². The van der Waals surface area contributed by atoms with Gasteiger partial charge in [0.1, 0.15) is 0 Å². The highest BCUT2D eigenvalue weighted by molar-refractivity contribution is 7.99. The first-order chi connectivity index (χ1) is 8.43. The Kier molecular flexibility index (Phi) is 4.12. The highest BCUT2D eigenvalue weighted by atomic mass is 32.2. The second-order valence-corrected chi connectivity index (χ2v) is 7.67. The van der Waals surface area contributed by atoms with Gasteiger partial charge in [-0.1, -0.05) is 20.8 Å². The largest absolute Gasteiger partial charge is 0.351 e. The zero-order valence-electron chi connectivity index (χ0n) is 12.1. The molecule has 102 valence electrons. The molecule has 2 unspecified atom stereocenters. The second-order valence-electron chi connectivity index (χ2n) is 6.40. The highest BCUT2D eigenvalue weighted by Crippen LogP contribution is 2.40. The van der Waals surface area contributed by atoms with Gasteiger partial charge < -0.3 is 10.3 Å². The molecule has 0 aromatic carbocycles. The minimum atomic E-state index is 0.225. The van der Waals surface area contributed by atoms with Crippen LogP contribution in [-0.4, -0.2) is 16.1 Å². The van der Waals surface area contributed by atoms with E-state index in [1.807, 2.05) is 11.8 Å². The van der Waals surface area contributed by atoms with Gasteiger partial charge in [-0.25, -0.2) is 0 Å². The van der Waals surface area contributed by atoms with Gasteiger partial charge in [-0.2, -0.15) is 11.8 Å². The third-order valence-electron chi connectivity index (χ3n) is 4.11. The van der Waals surface area contributed by atoms with Gasteiger partial charge in [-0.3, -0.25) is 0 Å². The van der Waals surface area contributed by atoms with Crippen LogP contribution in [0.4, 0.5) is 0 Å². The number of rotatable bonds is 4. The first-order valence-electron chi connectivity index (χ1n) is 6.89. The summed E-state index contributed by atoms with van der Waals surface area (Å²) in [7, 11) is 0. The van der Waals surface area contributed by atoms with E-state index >= 15 is 0 Å². The maximum absolute atomic E-state index is 6.30. The number of nitrogens with zero attached hydrogens (tertiary/aromatic N) is 1. The van der Waals surface area contributed by atoms with E-state index in [9.17, 15) is 0 Å². The summed E-state index contributed by atoms with van der Waals surface area (Å²) in [6, 6.07) is 2.46. The lowest BCUT2D eigenvalue weighted by Crippen LogP contribution is -2.30. The molecule has 2 rings (SSSR count). The summed E-state index contributed by atoms with van der Waals surface area (Å²) in [5, 5.41) is 0.730. The maximum atomic E-state index is 6.30. The van der Waals surface area contributed by atoms with Crippen LogP contribution in [0.25, 0.3) is 0 Å². The monoisotopic (exact) mass is 266 g/mol. The lowest BCUT2D eigenvalue weighted by Gasteiger charge is -2.34. The van der Waals surface area contributed by atoms with Gasteiger partial charge >= 0.3 is 0 Å². The Hall–Kier alpha value is -0.410. The average molecular weight is 266 g/mol. The SMILES string of the molecule is CSC(C)CCn1ccc2c1CC(C)(C)CC2N. The molecule has 0 bridgehead atoms. The Bertz CT molecular complexity index is 409. The number of hydrogen-bond acceptors (Lipinski definition) is 2. The first kappa shape index (κ1) is 14.0. The molecular formula is C15H26N2S. The van der Waals surface area contributed by atoms with E-state index in [0.29, 0.717) is 5.41 Å². The molecule has 1 aliphatic rings. The number of aryl methyl sites for hydroxylation is 1. The Morgan fingerprint density at radius 3 is 2.94 bits per heavy atom. The number of thioether (sulfide) groups is 1. The lowest BCUT2D eigenvalue weighted by molar-refractivity contribution is 0.275. The van der Waals surface area contributed by atoms with Gasteiger partial charge in [-0.05, 0) is 42.6 Å². The van der Waals surface area contributed by atoms with Crippen molar-refractivity contribution in [2.45, 2.75) is 57.9 Å². The van der Waals surface area contributed by atoms with Gasteiger partial charge in [-0.15, -0.1) is 0 Å². The minimum absolute atomic E-state index is 0.225. The smallest absolute Gasteiger partial charge is 0.0318 e. The van der Waals surface area contributed by atoms with Crippen LogP contribution in [0.3, 0.4) is 0 Å². The van der Waals surface area contributed by atoms with E-state index in [4.69, 9.17) is 5.73 Å². The predicted molar refractivity (Wildman–Crippen MR) is 81.1 cm³/mol. The molecule has 0 amide bonds. The fourth-order valence-corrected chi connectivity index (χ4v) is 3.28. The van der Waals surface area contributed by atoms with Crippen molar-refractivity contribution in [3.05, 3.63) is 23.5 Å². The molecule has 0 fully saturated rings. The van der Waals surface area contributed by atoms with Crippen molar-refractivity contribution >= 4 is 11.8 Å². The van der Waals surface area contributed by atoms with E-state index in [-0.39, 0.29) is 6.04 Å². The molecule has 18 heavy (non-hydrogen) atoms. The standard InChI is InChI=1S/C15H26N2S/c1-11(18-4)5-7-17-8-6-12-13(16)9-15(2,3)10-14(12)17/h6,8,11,13H,5,7,9-10,16H2,1-4H3. The van der Waals surface area contributed by atoms with Crippen molar-refractivity contribution in [3.63, 3.8) is 0 Å². The fraction of sp³-hybridized carbons (Fsp3) is 0.733. The topological polar surface area (TPSA) is 30.9 Å². The molecule has 0 spiro atoms. The third-order valence-corrected chi connectivity index (χ3v) is 5.15. The highest BCUT2D eigenvalue weighted by Gasteiger charge is 2.32. The van der Waals surface area contributed by atoms with Crippen molar-refractivity contribution in [3.8, 4) is 0 Å². The second kappa shape index (κ2) is 5.30. The number of hydrogen-bond donors (Lipinski definition) is 1. The zero-order chi connectivity index (χ0) is 13.3. The molecule has 3 heteroatoms. The van der Waals surface area contributed by atoms with Crippen LogP contribution in [0, 0.1) is 5.41 Å². The van der Waals surface area contributed by atoms with Gasteiger partial charge in [0, 0.05) is 29.7 Å². The third kappa shape index (κ3) is 2.94. The Morgan fingerprint density at radius 1 is 1.56 bits per heavy atom. The van der Waals surface area contributed by atoms with E-state index in [1.165, 1.54) is 17.7 Å². The molecule has 1 aromatic rings. The molecule has 0 saturated heterocycles. The number of aromatic nitrogens is 1. The van der Waals surface area contributed by atoms with Crippen LogP contribution in [0.2, 0.25) is 0 Å². The summed E-state index contributed by atoms with van der Waals surface area (Å²) in [4.78, 5) is 0. The summed E-state index contributed by atoms with van der Waals surface area (Å²) in [5.41, 5.74) is 9.50. The molecule has 0 saturated carbocycles. The summed E-state index contributed by atoms with van der Waals surface area (Å²) >= 11 is 1.95. The molecule has 1 aromatic heterocycles. The first-order valence-corrected chi connectivity index (χ1v) is 8.18. The minimum Gasteiger partial charge on any atom is -0.351 e. The maximum Gasteiger partial charge on any atom is 0.0318 e. The van der Waals surface area contributed by atoms with Crippen molar-refractivity contribution in [1.82, 2.24) is 4.57 Å². The molecule has 0 radical (unpaired) electrons. The van der Waals surface area contributed by atoms with Gasteiger partial charge in [0.05, 0.1) is 0 Å².